The molecule has 2 aromatic carbocycles. The van der Waals surface area contributed by atoms with E-state index in [9.17, 15) is 0 Å². The molecule has 0 saturated heterocycles. The molecule has 90 valence electrons. The molecule has 0 amide bonds. The van der Waals surface area contributed by atoms with Crippen molar-refractivity contribution in [2.45, 2.75) is 6.54 Å². The summed E-state index contributed by atoms with van der Waals surface area (Å²) < 4.78 is 3.19. The van der Waals surface area contributed by atoms with Crippen LogP contribution in [-0.4, -0.2) is 9.55 Å². The van der Waals surface area contributed by atoms with E-state index in [1.165, 1.54) is 5.56 Å². The van der Waals surface area contributed by atoms with Gasteiger partial charge in [-0.05, 0) is 40.3 Å². The van der Waals surface area contributed by atoms with E-state index in [0.717, 1.165) is 26.2 Å². The Morgan fingerprint density at radius 2 is 1.94 bits per heavy atom. The average Bonchev–Trinajstić information content (AvgIpc) is 2.74. The van der Waals surface area contributed by atoms with Gasteiger partial charge in [0.2, 0.25) is 0 Å². The van der Waals surface area contributed by atoms with Gasteiger partial charge < -0.3 is 4.57 Å². The average molecular weight is 369 g/mol. The van der Waals surface area contributed by atoms with Crippen LogP contribution in [0, 0.1) is 3.57 Å². The zero-order chi connectivity index (χ0) is 12.5. The van der Waals surface area contributed by atoms with Crippen molar-refractivity contribution in [1.82, 2.24) is 9.55 Å². The third kappa shape index (κ3) is 2.24. The third-order valence-corrected chi connectivity index (χ3v) is 4.38. The number of rotatable bonds is 2. The lowest BCUT2D eigenvalue weighted by atomic mass is 10.2. The summed E-state index contributed by atoms with van der Waals surface area (Å²) in [6, 6.07) is 14.4. The number of aromatic nitrogens is 2. The van der Waals surface area contributed by atoms with Crippen molar-refractivity contribution in [3.8, 4) is 0 Å². The van der Waals surface area contributed by atoms with Gasteiger partial charge in [-0.2, -0.15) is 0 Å². The van der Waals surface area contributed by atoms with Crippen molar-refractivity contribution in [3.63, 3.8) is 0 Å². The molecule has 18 heavy (non-hydrogen) atoms. The Kier molecular flexibility index (Phi) is 3.26. The molecule has 0 atom stereocenters. The Labute approximate surface area is 124 Å². The summed E-state index contributed by atoms with van der Waals surface area (Å²) in [5.74, 6) is 0. The van der Waals surface area contributed by atoms with Crippen LogP contribution >= 0.6 is 34.2 Å². The minimum absolute atomic E-state index is 0.757. The van der Waals surface area contributed by atoms with Gasteiger partial charge in [0.1, 0.15) is 0 Å². The van der Waals surface area contributed by atoms with Crippen LogP contribution in [0.3, 0.4) is 0 Å². The lowest BCUT2D eigenvalue weighted by molar-refractivity contribution is 0.824. The van der Waals surface area contributed by atoms with Gasteiger partial charge in [0.25, 0.3) is 0 Å². The van der Waals surface area contributed by atoms with Crippen LogP contribution in [0.2, 0.25) is 5.02 Å². The Hall–Kier alpha value is -1.07. The van der Waals surface area contributed by atoms with Crippen molar-refractivity contribution >= 4 is 45.2 Å². The number of benzene rings is 2. The highest BCUT2D eigenvalue weighted by molar-refractivity contribution is 14.1. The van der Waals surface area contributed by atoms with E-state index in [1.54, 1.807) is 0 Å². The molecule has 3 rings (SSSR count). The largest absolute Gasteiger partial charge is 0.326 e. The van der Waals surface area contributed by atoms with Crippen molar-refractivity contribution in [1.29, 1.82) is 0 Å². The van der Waals surface area contributed by atoms with Gasteiger partial charge in [-0.15, -0.1) is 0 Å². The summed E-state index contributed by atoms with van der Waals surface area (Å²) in [6.45, 7) is 0.828. The smallest absolute Gasteiger partial charge is 0.0961 e. The zero-order valence-electron chi connectivity index (χ0n) is 9.48. The quantitative estimate of drug-likeness (QED) is 0.615. The highest BCUT2D eigenvalue weighted by Crippen LogP contribution is 2.25. The summed E-state index contributed by atoms with van der Waals surface area (Å²) in [5, 5.41) is 0.757. The summed E-state index contributed by atoms with van der Waals surface area (Å²) in [6.07, 6.45) is 1.87. The molecule has 0 aliphatic rings. The van der Waals surface area contributed by atoms with Crippen LogP contribution in [0.15, 0.2) is 48.8 Å². The fraction of sp³-hybridized carbons (Fsp3) is 0.0714. The van der Waals surface area contributed by atoms with Gasteiger partial charge in [-0.25, -0.2) is 4.98 Å². The predicted molar refractivity (Wildman–Crippen MR) is 83.0 cm³/mol. The first-order chi connectivity index (χ1) is 8.74. The van der Waals surface area contributed by atoms with Crippen LogP contribution in [0.4, 0.5) is 0 Å². The van der Waals surface area contributed by atoms with Crippen LogP contribution < -0.4 is 0 Å². The summed E-state index contributed by atoms with van der Waals surface area (Å²) in [4.78, 5) is 4.39. The third-order valence-electron chi connectivity index (χ3n) is 2.86. The van der Waals surface area contributed by atoms with Crippen LogP contribution in [0.25, 0.3) is 11.0 Å². The Bertz CT molecular complexity index is 692. The van der Waals surface area contributed by atoms with Crippen LogP contribution in [0.5, 0.6) is 0 Å². The number of imidazole rings is 1. The minimum atomic E-state index is 0.757. The van der Waals surface area contributed by atoms with Gasteiger partial charge in [0.15, 0.2) is 0 Å². The minimum Gasteiger partial charge on any atom is -0.326 e. The van der Waals surface area contributed by atoms with E-state index in [1.807, 2.05) is 18.5 Å². The summed E-state index contributed by atoms with van der Waals surface area (Å²) in [5.41, 5.74) is 3.32. The van der Waals surface area contributed by atoms with Crippen molar-refractivity contribution in [3.05, 3.63) is 62.9 Å². The van der Waals surface area contributed by atoms with Gasteiger partial charge >= 0.3 is 0 Å². The molecule has 0 unspecified atom stereocenters. The monoisotopic (exact) mass is 368 g/mol. The molecule has 0 N–H and O–H groups in total. The molecule has 1 heterocycles. The molecule has 0 aliphatic carbocycles. The SMILES string of the molecule is Clc1cc2ncn(Cc3ccccc3)c2cc1I. The molecular weight excluding hydrogens is 359 g/mol. The molecule has 1 aromatic heterocycles. The van der Waals surface area contributed by atoms with Crippen molar-refractivity contribution in [2.24, 2.45) is 0 Å². The maximum atomic E-state index is 6.10. The van der Waals surface area contributed by atoms with Crippen LogP contribution in [0.1, 0.15) is 5.56 Å². The Morgan fingerprint density at radius 1 is 1.17 bits per heavy atom. The van der Waals surface area contributed by atoms with E-state index in [4.69, 9.17) is 11.6 Å². The number of nitrogens with zero attached hydrogens (tertiary/aromatic N) is 2. The normalized spacial score (nSPS) is 11.0. The highest BCUT2D eigenvalue weighted by atomic mass is 127. The molecule has 0 spiro atoms. The van der Waals surface area contributed by atoms with Crippen molar-refractivity contribution < 1.29 is 0 Å². The van der Waals surface area contributed by atoms with Gasteiger partial charge in [0, 0.05) is 10.1 Å². The lowest BCUT2D eigenvalue weighted by Crippen LogP contribution is -1.97. The van der Waals surface area contributed by atoms with Gasteiger partial charge in [0.05, 0.1) is 22.4 Å². The number of halogens is 2. The van der Waals surface area contributed by atoms with E-state index >= 15 is 0 Å². The topological polar surface area (TPSA) is 17.8 Å². The maximum absolute atomic E-state index is 6.10. The fourth-order valence-electron chi connectivity index (χ4n) is 1.96. The molecule has 0 fully saturated rings. The first kappa shape index (κ1) is 12.0. The Morgan fingerprint density at radius 3 is 2.72 bits per heavy atom. The molecule has 3 aromatic rings. The second-order valence-electron chi connectivity index (χ2n) is 4.11. The molecular formula is C14H10ClIN2. The van der Waals surface area contributed by atoms with Crippen molar-refractivity contribution in [2.75, 3.05) is 0 Å². The first-order valence-electron chi connectivity index (χ1n) is 5.58. The second kappa shape index (κ2) is 4.90. The van der Waals surface area contributed by atoms with E-state index < -0.39 is 0 Å². The summed E-state index contributed by atoms with van der Waals surface area (Å²) in [7, 11) is 0. The molecule has 0 radical (unpaired) electrons. The highest BCUT2D eigenvalue weighted by Gasteiger charge is 2.06. The fourth-order valence-corrected chi connectivity index (χ4v) is 2.57. The number of hydrogen-bond acceptors (Lipinski definition) is 1. The number of hydrogen-bond donors (Lipinski definition) is 0. The van der Waals surface area contributed by atoms with E-state index in [0.29, 0.717) is 0 Å². The predicted octanol–water partition coefficient (Wildman–Crippen LogP) is 4.34. The molecule has 0 saturated carbocycles. The maximum Gasteiger partial charge on any atom is 0.0961 e. The van der Waals surface area contributed by atoms with Gasteiger partial charge in [-0.3, -0.25) is 0 Å². The molecule has 0 aliphatic heterocycles. The second-order valence-corrected chi connectivity index (χ2v) is 5.68. The summed E-state index contributed by atoms with van der Waals surface area (Å²) >= 11 is 8.34. The standard InChI is InChI=1S/C14H10ClIN2/c15-11-6-13-14(7-12(11)16)18(9-17-13)8-10-4-2-1-3-5-10/h1-7,9H,8H2. The van der Waals surface area contributed by atoms with Gasteiger partial charge in [-0.1, -0.05) is 41.9 Å². The molecule has 0 bridgehead atoms. The zero-order valence-corrected chi connectivity index (χ0v) is 12.4. The Balaban J connectivity index is 2.05. The molecule has 2 nitrogen and oxygen atoms in total. The van der Waals surface area contributed by atoms with E-state index in [-0.39, 0.29) is 0 Å². The molecule has 4 heteroatoms. The van der Waals surface area contributed by atoms with E-state index in [2.05, 4.69) is 62.5 Å². The number of fused-ring (bicyclic) bond motifs is 1. The van der Waals surface area contributed by atoms with Crippen LogP contribution in [-0.2, 0) is 6.54 Å². The lowest BCUT2D eigenvalue weighted by Gasteiger charge is -2.05. The first-order valence-corrected chi connectivity index (χ1v) is 7.03.